The van der Waals surface area contributed by atoms with Gasteiger partial charge in [-0.25, -0.2) is 0 Å². The molecule has 0 saturated heterocycles. The van der Waals surface area contributed by atoms with E-state index >= 15 is 0 Å². The summed E-state index contributed by atoms with van der Waals surface area (Å²) in [6.45, 7) is 0. The Labute approximate surface area is 71.4 Å². The van der Waals surface area contributed by atoms with E-state index < -0.39 is 10.1 Å². The van der Waals surface area contributed by atoms with Crippen molar-refractivity contribution in [1.82, 2.24) is 0 Å². The van der Waals surface area contributed by atoms with Gasteiger partial charge in [-0.1, -0.05) is 0 Å². The number of hydrogen-bond acceptors (Lipinski definition) is 0. The summed E-state index contributed by atoms with van der Waals surface area (Å²) in [7, 11) is -0.627. The Kier molecular flexibility index (Phi) is 3.20. The predicted molar refractivity (Wildman–Crippen MR) is 37.7 cm³/mol. The van der Waals surface area contributed by atoms with Gasteiger partial charge in [0, 0.05) is 0 Å². The molecule has 0 spiro atoms. The van der Waals surface area contributed by atoms with E-state index in [0.717, 1.165) is 0 Å². The van der Waals surface area contributed by atoms with Gasteiger partial charge in [0.1, 0.15) is 0 Å². The van der Waals surface area contributed by atoms with Crippen molar-refractivity contribution in [3.63, 3.8) is 0 Å². The quantitative estimate of drug-likeness (QED) is 0.669. The van der Waals surface area contributed by atoms with Crippen LogP contribution in [0.1, 0.15) is 0 Å². The van der Waals surface area contributed by atoms with Crippen LogP contribution in [-0.4, -0.2) is 10.1 Å². The van der Waals surface area contributed by atoms with E-state index in [1.54, 1.807) is 4.40 Å². The van der Waals surface area contributed by atoms with Crippen LogP contribution in [0.5, 0.6) is 0 Å². The standard InChI is InChI=1S/C7H8Ge.Hf/c1-8-7-5-3-2-4-6-7;/h2-6H,1H3;/q;+2. The first-order valence-electron chi connectivity index (χ1n) is 2.91. The third-order valence-corrected chi connectivity index (χ3v) is 9.11. The Hall–Kier alpha value is 0.633. The minimum absolute atomic E-state index is 0.627. The molecule has 0 atom stereocenters. The van der Waals surface area contributed by atoms with Crippen molar-refractivity contribution in [2.75, 3.05) is 0 Å². The first kappa shape index (κ1) is 7.74. The van der Waals surface area contributed by atoms with Crippen molar-refractivity contribution in [3.05, 3.63) is 30.3 Å². The zero-order chi connectivity index (χ0) is 6.69. The summed E-state index contributed by atoms with van der Waals surface area (Å²) in [5.74, 6) is 2.43. The zero-order valence-electron chi connectivity index (χ0n) is 5.39. The number of benzene rings is 1. The molecule has 0 amide bonds. The second-order valence-electron chi connectivity index (χ2n) is 1.99. The third-order valence-electron chi connectivity index (χ3n) is 1.21. The van der Waals surface area contributed by atoms with Crippen LogP contribution < -0.4 is 4.40 Å². The molecule has 0 saturated carbocycles. The second kappa shape index (κ2) is 3.72. The molecule has 1 aromatic rings. The van der Waals surface area contributed by atoms with Crippen LogP contribution in [0, 0.1) is 0 Å². The van der Waals surface area contributed by atoms with E-state index in [-0.39, 0.29) is 0 Å². The summed E-state index contributed by atoms with van der Waals surface area (Å²) >= 11 is 1.42. The van der Waals surface area contributed by atoms with Crippen LogP contribution in [0.4, 0.5) is 0 Å². The van der Waals surface area contributed by atoms with Crippen molar-refractivity contribution in [2.24, 2.45) is 0 Å². The van der Waals surface area contributed by atoms with Crippen molar-refractivity contribution < 1.29 is 21.3 Å². The molecule has 0 aliphatic carbocycles. The zero-order valence-corrected chi connectivity index (χ0v) is 11.1. The van der Waals surface area contributed by atoms with Gasteiger partial charge in [-0.15, -0.1) is 0 Å². The van der Waals surface area contributed by atoms with E-state index in [1.807, 2.05) is 0 Å². The van der Waals surface area contributed by atoms with E-state index in [0.29, 0.717) is 0 Å². The molecule has 2 heteroatoms. The van der Waals surface area contributed by atoms with Crippen molar-refractivity contribution >= 4 is 14.5 Å². The molecule has 0 radical (unpaired) electrons. The van der Waals surface area contributed by atoms with Crippen LogP contribution in [0.15, 0.2) is 30.3 Å². The van der Waals surface area contributed by atoms with E-state index in [4.69, 9.17) is 0 Å². The summed E-state index contributed by atoms with van der Waals surface area (Å²) < 4.78 is 1.64. The molecule has 0 bridgehead atoms. The molecule has 0 aromatic heterocycles. The molecule has 0 fully saturated rings. The molecule has 0 aliphatic heterocycles. The van der Waals surface area contributed by atoms with Crippen LogP contribution in [0.25, 0.3) is 0 Å². The van der Waals surface area contributed by atoms with Crippen molar-refractivity contribution in [2.45, 2.75) is 5.76 Å². The van der Waals surface area contributed by atoms with Gasteiger partial charge in [0.15, 0.2) is 0 Å². The first-order chi connectivity index (χ1) is 4.30. The van der Waals surface area contributed by atoms with Gasteiger partial charge < -0.3 is 0 Å². The molecule has 1 rings (SSSR count). The number of rotatable bonds is 1. The van der Waals surface area contributed by atoms with Crippen LogP contribution in [-0.2, 0) is 21.3 Å². The monoisotopic (exact) mass is 346 g/mol. The maximum absolute atomic E-state index is 2.43. The van der Waals surface area contributed by atoms with Gasteiger partial charge in [0.25, 0.3) is 0 Å². The molecule has 9 heavy (non-hydrogen) atoms. The summed E-state index contributed by atoms with van der Waals surface area (Å²) in [5, 5.41) is 0. The fourth-order valence-electron chi connectivity index (χ4n) is 0.688. The number of hydrogen-bond donors (Lipinski definition) is 0. The SMILES string of the molecule is [CH3][Ge](=[Hf+2])[c]1ccccc1. The molecule has 1 aromatic carbocycles. The molecule has 0 unspecified atom stereocenters. The topological polar surface area (TPSA) is 0 Å². The summed E-state index contributed by atoms with van der Waals surface area (Å²) in [6, 6.07) is 10.9. The molecular weight excluding hydrogens is 335 g/mol. The van der Waals surface area contributed by atoms with Crippen LogP contribution in [0.2, 0.25) is 5.76 Å². The molecule has 0 aliphatic rings. The first-order valence-corrected chi connectivity index (χ1v) is 16.4. The van der Waals surface area contributed by atoms with Crippen LogP contribution >= 0.6 is 0 Å². The van der Waals surface area contributed by atoms with Crippen LogP contribution in [0.3, 0.4) is 0 Å². The Morgan fingerprint density at radius 1 is 1.22 bits per heavy atom. The molecule has 42 valence electrons. The summed E-state index contributed by atoms with van der Waals surface area (Å²) in [4.78, 5) is 0. The Morgan fingerprint density at radius 3 is 2.11 bits per heavy atom. The fraction of sp³-hybridized carbons (Fsp3) is 0.143. The van der Waals surface area contributed by atoms with Gasteiger partial charge >= 0.3 is 71.8 Å². The van der Waals surface area contributed by atoms with Gasteiger partial charge in [-0.3, -0.25) is 0 Å². The van der Waals surface area contributed by atoms with E-state index in [1.165, 1.54) is 21.3 Å². The van der Waals surface area contributed by atoms with Gasteiger partial charge in [-0.2, -0.15) is 0 Å². The second-order valence-corrected chi connectivity index (χ2v) is 19.8. The molecule has 0 heterocycles. The van der Waals surface area contributed by atoms with Crippen molar-refractivity contribution in [3.8, 4) is 0 Å². The third kappa shape index (κ3) is 2.38. The van der Waals surface area contributed by atoms with E-state index in [2.05, 4.69) is 36.1 Å². The fourth-order valence-corrected chi connectivity index (χ4v) is 5.25. The van der Waals surface area contributed by atoms with Crippen molar-refractivity contribution in [1.29, 1.82) is 0 Å². The van der Waals surface area contributed by atoms with Gasteiger partial charge in [0.05, 0.1) is 0 Å². The van der Waals surface area contributed by atoms with Gasteiger partial charge in [0.2, 0.25) is 0 Å². The maximum atomic E-state index is 2.43. The predicted octanol–water partition coefficient (Wildman–Crippen LogP) is 1.06. The average Bonchev–Trinajstić information content (AvgIpc) is 1.90. The average molecular weight is 343 g/mol. The summed E-state index contributed by atoms with van der Waals surface area (Å²) in [6.07, 6.45) is 0. The van der Waals surface area contributed by atoms with Gasteiger partial charge in [-0.05, 0) is 0 Å². The molecular formula is C7H8GeHf+2. The Bertz CT molecular complexity index is 205. The normalized spacial score (nSPS) is 9.22. The molecule has 0 nitrogen and oxygen atoms in total. The minimum atomic E-state index is -0.627. The Morgan fingerprint density at radius 2 is 1.78 bits per heavy atom. The molecule has 0 N–H and O–H groups in total. The Balaban J connectivity index is 2.98. The van der Waals surface area contributed by atoms with E-state index in [9.17, 15) is 0 Å². The summed E-state index contributed by atoms with van der Waals surface area (Å²) in [5.41, 5.74) is 0.